The molecule has 0 spiro atoms. The van der Waals surface area contributed by atoms with Gasteiger partial charge in [0.15, 0.2) is 11.6 Å². The van der Waals surface area contributed by atoms with Gasteiger partial charge in [-0.05, 0) is 17.4 Å². The summed E-state index contributed by atoms with van der Waals surface area (Å²) in [5, 5.41) is 14.2. The van der Waals surface area contributed by atoms with Crippen LogP contribution >= 0.6 is 11.8 Å². The monoisotopic (exact) mass is 265 g/mol. The van der Waals surface area contributed by atoms with E-state index in [9.17, 15) is 5.11 Å². The van der Waals surface area contributed by atoms with Gasteiger partial charge in [0.1, 0.15) is 0 Å². The lowest BCUT2D eigenvalue weighted by molar-refractivity contribution is 0.420. The number of hydrogen-bond donors (Lipinski definition) is 2. The first-order chi connectivity index (χ1) is 8.58. The van der Waals surface area contributed by atoms with Crippen LogP contribution in [0.25, 0.3) is 11.5 Å². The second kappa shape index (κ2) is 5.30. The number of anilines is 1. The van der Waals surface area contributed by atoms with Crippen LogP contribution in [0.4, 0.5) is 5.69 Å². The fourth-order valence-corrected chi connectivity index (χ4v) is 2.00. The summed E-state index contributed by atoms with van der Waals surface area (Å²) in [5.74, 6) is 1.57. The molecular formula is C12H15N3O2S. The van der Waals surface area contributed by atoms with Crippen LogP contribution in [0.1, 0.15) is 19.7 Å². The summed E-state index contributed by atoms with van der Waals surface area (Å²) in [7, 11) is 0. The molecule has 1 heterocycles. The normalized spacial score (nSPS) is 11.1. The van der Waals surface area contributed by atoms with Crippen LogP contribution < -0.4 is 5.73 Å². The molecule has 96 valence electrons. The number of aromatic nitrogens is 2. The van der Waals surface area contributed by atoms with Gasteiger partial charge < -0.3 is 15.4 Å². The molecule has 18 heavy (non-hydrogen) atoms. The molecule has 0 radical (unpaired) electrons. The first-order valence-corrected chi connectivity index (χ1v) is 6.65. The minimum atomic E-state index is -0.0239. The van der Waals surface area contributed by atoms with E-state index in [4.69, 9.17) is 10.3 Å². The summed E-state index contributed by atoms with van der Waals surface area (Å²) in [4.78, 5) is 4.24. The van der Waals surface area contributed by atoms with Gasteiger partial charge in [-0.25, -0.2) is 0 Å². The Morgan fingerprint density at radius 2 is 2.22 bits per heavy atom. The van der Waals surface area contributed by atoms with E-state index in [1.54, 1.807) is 30.0 Å². The number of nitrogen functional groups attached to an aromatic ring is 1. The molecule has 0 amide bonds. The van der Waals surface area contributed by atoms with Crippen molar-refractivity contribution in [1.82, 2.24) is 10.1 Å². The van der Waals surface area contributed by atoms with Crippen molar-refractivity contribution < 1.29 is 9.63 Å². The van der Waals surface area contributed by atoms with Gasteiger partial charge in [-0.15, -0.1) is 0 Å². The Hall–Kier alpha value is -1.69. The maximum Gasteiger partial charge on any atom is 0.261 e. The number of hydrogen-bond acceptors (Lipinski definition) is 6. The van der Waals surface area contributed by atoms with Crippen molar-refractivity contribution in [2.45, 2.75) is 24.9 Å². The van der Waals surface area contributed by atoms with E-state index < -0.39 is 0 Å². The summed E-state index contributed by atoms with van der Waals surface area (Å²) in [5.41, 5.74) is 6.38. The number of thioether (sulfide) groups is 1. The smallest absolute Gasteiger partial charge is 0.261 e. The van der Waals surface area contributed by atoms with E-state index >= 15 is 0 Å². The van der Waals surface area contributed by atoms with E-state index in [2.05, 4.69) is 24.0 Å². The number of rotatable bonds is 4. The van der Waals surface area contributed by atoms with Gasteiger partial charge in [0.25, 0.3) is 5.89 Å². The molecular weight excluding hydrogens is 250 g/mol. The van der Waals surface area contributed by atoms with Crippen LogP contribution in [0.15, 0.2) is 22.7 Å². The summed E-state index contributed by atoms with van der Waals surface area (Å²) in [6.07, 6.45) is 0. The van der Waals surface area contributed by atoms with Crippen LogP contribution in [0.3, 0.4) is 0 Å². The molecule has 3 N–H and O–H groups in total. The molecule has 2 aromatic rings. The van der Waals surface area contributed by atoms with Crippen LogP contribution in [0.5, 0.6) is 5.75 Å². The zero-order valence-corrected chi connectivity index (χ0v) is 11.1. The predicted octanol–water partition coefficient (Wildman–Crippen LogP) is 2.67. The average molecular weight is 265 g/mol. The van der Waals surface area contributed by atoms with E-state index in [0.717, 1.165) is 0 Å². The minimum absolute atomic E-state index is 0.0239. The second-order valence-corrected chi connectivity index (χ2v) is 5.68. The molecule has 6 heteroatoms. The number of nitrogens with zero attached hydrogens (tertiary/aromatic N) is 2. The van der Waals surface area contributed by atoms with Gasteiger partial charge in [0.2, 0.25) is 0 Å². The molecule has 1 aromatic heterocycles. The first-order valence-electron chi connectivity index (χ1n) is 5.60. The van der Waals surface area contributed by atoms with Gasteiger partial charge in [-0.3, -0.25) is 0 Å². The molecule has 5 nitrogen and oxygen atoms in total. The van der Waals surface area contributed by atoms with Crippen molar-refractivity contribution in [2.24, 2.45) is 0 Å². The number of phenolic OH excluding ortho intramolecular Hbond substituents is 1. The van der Waals surface area contributed by atoms with Crippen molar-refractivity contribution in [2.75, 3.05) is 5.73 Å². The number of aromatic hydroxyl groups is 1. The topological polar surface area (TPSA) is 85.2 Å². The Kier molecular flexibility index (Phi) is 3.76. The Morgan fingerprint density at radius 3 is 2.94 bits per heavy atom. The van der Waals surface area contributed by atoms with Gasteiger partial charge in [-0.1, -0.05) is 25.1 Å². The highest BCUT2D eigenvalue weighted by atomic mass is 32.2. The zero-order valence-electron chi connectivity index (χ0n) is 10.3. The highest BCUT2D eigenvalue weighted by Crippen LogP contribution is 2.32. The lowest BCUT2D eigenvalue weighted by Crippen LogP contribution is -1.91. The Labute approximate surface area is 109 Å². The maximum absolute atomic E-state index is 9.82. The highest BCUT2D eigenvalue weighted by Gasteiger charge is 2.14. The van der Waals surface area contributed by atoms with E-state index in [1.165, 1.54) is 0 Å². The van der Waals surface area contributed by atoms with Crippen molar-refractivity contribution >= 4 is 17.4 Å². The summed E-state index contributed by atoms with van der Waals surface area (Å²) < 4.78 is 5.13. The highest BCUT2D eigenvalue weighted by molar-refractivity contribution is 7.99. The number of para-hydroxylation sites is 1. The Morgan fingerprint density at radius 1 is 1.44 bits per heavy atom. The average Bonchev–Trinajstić information content (AvgIpc) is 2.78. The summed E-state index contributed by atoms with van der Waals surface area (Å²) >= 11 is 1.73. The maximum atomic E-state index is 9.82. The molecule has 0 saturated heterocycles. The van der Waals surface area contributed by atoms with Crippen molar-refractivity contribution in [3.8, 4) is 17.2 Å². The van der Waals surface area contributed by atoms with Crippen molar-refractivity contribution in [3.05, 3.63) is 24.0 Å². The standard InChI is InChI=1S/C12H15N3O2S/c1-7(2)18-6-10-14-12(17-15-10)8-4-3-5-9(13)11(8)16/h3-5,7,16H,6,13H2,1-2H3. The quantitative estimate of drug-likeness (QED) is 0.653. The number of phenols is 1. The van der Waals surface area contributed by atoms with E-state index in [0.29, 0.717) is 34.0 Å². The molecule has 0 aliphatic carbocycles. The van der Waals surface area contributed by atoms with E-state index in [-0.39, 0.29) is 5.75 Å². The van der Waals surface area contributed by atoms with Crippen LogP contribution in [0.2, 0.25) is 0 Å². The molecule has 2 rings (SSSR count). The summed E-state index contributed by atoms with van der Waals surface area (Å²) in [6.45, 7) is 4.21. The fraction of sp³-hybridized carbons (Fsp3) is 0.333. The lowest BCUT2D eigenvalue weighted by atomic mass is 10.2. The molecule has 0 aliphatic heterocycles. The molecule has 1 aromatic carbocycles. The molecule has 0 bridgehead atoms. The molecule has 0 unspecified atom stereocenters. The van der Waals surface area contributed by atoms with Crippen LogP contribution in [0, 0.1) is 0 Å². The first kappa shape index (κ1) is 12.8. The lowest BCUT2D eigenvalue weighted by Gasteiger charge is -2.01. The fourth-order valence-electron chi connectivity index (χ4n) is 1.40. The molecule has 0 saturated carbocycles. The summed E-state index contributed by atoms with van der Waals surface area (Å²) in [6, 6.07) is 5.04. The number of nitrogens with two attached hydrogens (primary N) is 1. The van der Waals surface area contributed by atoms with Crippen LogP contribution in [-0.4, -0.2) is 20.5 Å². The zero-order chi connectivity index (χ0) is 13.1. The van der Waals surface area contributed by atoms with Gasteiger partial charge in [-0.2, -0.15) is 16.7 Å². The molecule has 0 atom stereocenters. The van der Waals surface area contributed by atoms with Gasteiger partial charge in [0.05, 0.1) is 17.0 Å². The SMILES string of the molecule is CC(C)SCc1noc(-c2cccc(N)c2O)n1. The van der Waals surface area contributed by atoms with E-state index in [1.807, 2.05) is 0 Å². The van der Waals surface area contributed by atoms with Gasteiger partial charge in [0, 0.05) is 0 Å². The van der Waals surface area contributed by atoms with Crippen molar-refractivity contribution in [1.29, 1.82) is 0 Å². The van der Waals surface area contributed by atoms with Crippen molar-refractivity contribution in [3.63, 3.8) is 0 Å². The minimum Gasteiger partial charge on any atom is -0.505 e. The predicted molar refractivity (Wildman–Crippen MR) is 72.2 cm³/mol. The molecule has 0 fully saturated rings. The second-order valence-electron chi connectivity index (χ2n) is 4.12. The third-order valence-corrected chi connectivity index (χ3v) is 3.40. The molecule has 0 aliphatic rings. The van der Waals surface area contributed by atoms with Crippen LogP contribution in [-0.2, 0) is 5.75 Å². The third-order valence-electron chi connectivity index (χ3n) is 2.31. The Balaban J connectivity index is 2.21. The van der Waals surface area contributed by atoms with Gasteiger partial charge >= 0.3 is 0 Å². The number of benzene rings is 1. The largest absolute Gasteiger partial charge is 0.505 e. The third kappa shape index (κ3) is 2.76. The Bertz CT molecular complexity index is 540.